The lowest BCUT2D eigenvalue weighted by molar-refractivity contribution is 0.0698. The van der Waals surface area contributed by atoms with E-state index in [1.54, 1.807) is 23.1 Å². The van der Waals surface area contributed by atoms with Crippen molar-refractivity contribution in [3.8, 4) is 5.75 Å². The van der Waals surface area contributed by atoms with Crippen LogP contribution in [-0.4, -0.2) is 42.0 Å². The molecule has 3 N–H and O–H groups in total. The van der Waals surface area contributed by atoms with Gasteiger partial charge in [0.1, 0.15) is 11.6 Å². The summed E-state index contributed by atoms with van der Waals surface area (Å²) in [6.45, 7) is 1.07. The van der Waals surface area contributed by atoms with Crippen LogP contribution in [0.2, 0.25) is 5.02 Å². The molecule has 21 heavy (non-hydrogen) atoms. The van der Waals surface area contributed by atoms with Crippen LogP contribution in [0.15, 0.2) is 23.4 Å². The van der Waals surface area contributed by atoms with E-state index in [9.17, 15) is 4.79 Å². The van der Waals surface area contributed by atoms with Crippen molar-refractivity contribution in [2.45, 2.75) is 12.8 Å². The molecule has 1 amide bonds. The van der Waals surface area contributed by atoms with Gasteiger partial charge in [0.15, 0.2) is 0 Å². The van der Waals surface area contributed by atoms with Gasteiger partial charge in [-0.05, 0) is 31.0 Å². The normalized spacial score (nSPS) is 19.4. The number of hydrogen-bond acceptors (Lipinski definition) is 4. The van der Waals surface area contributed by atoms with E-state index in [-0.39, 0.29) is 17.7 Å². The number of halogens is 1. The Kier molecular flexibility index (Phi) is 4.90. The largest absolute Gasteiger partial charge is 0.496 e. The third-order valence-corrected chi connectivity index (χ3v) is 3.87. The summed E-state index contributed by atoms with van der Waals surface area (Å²) in [5.41, 5.74) is 6.10. The number of piperidine rings is 1. The number of oxime groups is 1. The number of carbonyl (C=O) groups is 1. The molecular weight excluding hydrogens is 294 g/mol. The summed E-state index contributed by atoms with van der Waals surface area (Å²) in [6, 6.07) is 4.92. The summed E-state index contributed by atoms with van der Waals surface area (Å²) >= 11 is 5.90. The summed E-state index contributed by atoms with van der Waals surface area (Å²) in [4.78, 5) is 14.3. The molecule has 0 radical (unpaired) electrons. The van der Waals surface area contributed by atoms with E-state index in [1.165, 1.54) is 7.11 Å². The molecule has 2 rings (SSSR count). The number of ether oxygens (including phenoxy) is 1. The summed E-state index contributed by atoms with van der Waals surface area (Å²) in [6.07, 6.45) is 1.61. The molecule has 114 valence electrons. The highest BCUT2D eigenvalue weighted by atomic mass is 35.5. The minimum absolute atomic E-state index is 0.119. The number of nitrogens with two attached hydrogens (primary N) is 1. The fourth-order valence-corrected chi connectivity index (χ4v) is 2.66. The number of amidine groups is 1. The molecule has 6 nitrogen and oxygen atoms in total. The number of hydrogen-bond donors (Lipinski definition) is 2. The van der Waals surface area contributed by atoms with Crippen molar-refractivity contribution in [1.29, 1.82) is 0 Å². The first kappa shape index (κ1) is 15.4. The zero-order valence-electron chi connectivity index (χ0n) is 11.8. The predicted octanol–water partition coefficient (Wildman–Crippen LogP) is 1.95. The van der Waals surface area contributed by atoms with Gasteiger partial charge in [0.25, 0.3) is 5.91 Å². The molecule has 1 aliphatic rings. The Balaban J connectivity index is 2.20. The molecule has 0 aromatic heterocycles. The van der Waals surface area contributed by atoms with Crippen molar-refractivity contribution in [1.82, 2.24) is 4.90 Å². The van der Waals surface area contributed by atoms with E-state index < -0.39 is 0 Å². The highest BCUT2D eigenvalue weighted by molar-refractivity contribution is 6.30. The van der Waals surface area contributed by atoms with E-state index in [0.717, 1.165) is 12.8 Å². The quantitative estimate of drug-likeness (QED) is 0.386. The second kappa shape index (κ2) is 6.67. The SMILES string of the molecule is COc1cc(Cl)ccc1C(=O)N1CCCC(C(N)=NO)C1. The number of carbonyl (C=O) groups excluding carboxylic acids is 1. The van der Waals surface area contributed by atoms with Crippen LogP contribution in [0.25, 0.3) is 0 Å². The van der Waals surface area contributed by atoms with Crippen molar-refractivity contribution in [2.24, 2.45) is 16.8 Å². The molecular formula is C14H18ClN3O3. The van der Waals surface area contributed by atoms with Gasteiger partial charge >= 0.3 is 0 Å². The number of nitrogens with zero attached hydrogens (tertiary/aromatic N) is 2. The van der Waals surface area contributed by atoms with Crippen molar-refractivity contribution < 1.29 is 14.7 Å². The molecule has 1 heterocycles. The fraction of sp³-hybridized carbons (Fsp3) is 0.429. The molecule has 1 aromatic rings. The van der Waals surface area contributed by atoms with Crippen molar-refractivity contribution in [2.75, 3.05) is 20.2 Å². The lowest BCUT2D eigenvalue weighted by Crippen LogP contribution is -2.44. The molecule has 0 saturated carbocycles. The zero-order valence-corrected chi connectivity index (χ0v) is 12.5. The minimum Gasteiger partial charge on any atom is -0.496 e. The Bertz CT molecular complexity index is 562. The van der Waals surface area contributed by atoms with E-state index in [0.29, 0.717) is 29.4 Å². The average Bonchev–Trinajstić information content (AvgIpc) is 2.53. The number of likely N-dealkylation sites (tertiary alicyclic amines) is 1. The van der Waals surface area contributed by atoms with Gasteiger partial charge in [-0.3, -0.25) is 4.79 Å². The van der Waals surface area contributed by atoms with Gasteiger partial charge < -0.3 is 20.6 Å². The molecule has 1 fully saturated rings. The van der Waals surface area contributed by atoms with Crippen LogP contribution in [0.3, 0.4) is 0 Å². The maximum Gasteiger partial charge on any atom is 0.257 e. The van der Waals surface area contributed by atoms with Crippen molar-refractivity contribution >= 4 is 23.3 Å². The monoisotopic (exact) mass is 311 g/mol. The summed E-state index contributed by atoms with van der Waals surface area (Å²) in [7, 11) is 1.50. The van der Waals surface area contributed by atoms with Gasteiger partial charge in [0, 0.05) is 24.0 Å². The molecule has 1 unspecified atom stereocenters. The third kappa shape index (κ3) is 3.39. The first-order valence-corrected chi connectivity index (χ1v) is 7.04. The lowest BCUT2D eigenvalue weighted by Gasteiger charge is -2.32. The Morgan fingerprint density at radius 2 is 2.33 bits per heavy atom. The summed E-state index contributed by atoms with van der Waals surface area (Å²) in [5, 5.41) is 12.3. The van der Waals surface area contributed by atoms with Gasteiger partial charge in [0.2, 0.25) is 0 Å². The summed E-state index contributed by atoms with van der Waals surface area (Å²) < 4.78 is 5.21. The highest BCUT2D eigenvalue weighted by Crippen LogP contribution is 2.26. The zero-order chi connectivity index (χ0) is 15.4. The maximum absolute atomic E-state index is 12.6. The first-order valence-electron chi connectivity index (χ1n) is 6.67. The van der Waals surface area contributed by atoms with Gasteiger partial charge in [-0.2, -0.15) is 0 Å². The molecule has 0 aliphatic carbocycles. The standard InChI is InChI=1S/C14H18ClN3O3/c1-21-12-7-10(15)4-5-11(12)14(19)18-6-2-3-9(8-18)13(16)17-20/h4-5,7,9,20H,2-3,6,8H2,1H3,(H2,16,17). The Hall–Kier alpha value is -1.95. The van der Waals surface area contributed by atoms with E-state index in [1.807, 2.05) is 0 Å². The Labute approximate surface area is 128 Å². The van der Waals surface area contributed by atoms with Gasteiger partial charge in [-0.1, -0.05) is 16.8 Å². The fourth-order valence-electron chi connectivity index (χ4n) is 2.50. The minimum atomic E-state index is -0.140. The molecule has 1 aromatic carbocycles. The number of benzene rings is 1. The molecule has 1 atom stereocenters. The van der Waals surface area contributed by atoms with Crippen LogP contribution < -0.4 is 10.5 Å². The van der Waals surface area contributed by atoms with Crippen LogP contribution >= 0.6 is 11.6 Å². The van der Waals surface area contributed by atoms with E-state index in [4.69, 9.17) is 27.3 Å². The van der Waals surface area contributed by atoms with Gasteiger partial charge in [-0.25, -0.2) is 0 Å². The molecule has 7 heteroatoms. The Morgan fingerprint density at radius 1 is 1.57 bits per heavy atom. The van der Waals surface area contributed by atoms with Gasteiger partial charge in [0.05, 0.1) is 12.7 Å². The molecule has 1 saturated heterocycles. The third-order valence-electron chi connectivity index (χ3n) is 3.64. The smallest absolute Gasteiger partial charge is 0.257 e. The Morgan fingerprint density at radius 3 is 3.00 bits per heavy atom. The van der Waals surface area contributed by atoms with Crippen LogP contribution in [0, 0.1) is 5.92 Å². The molecule has 1 aliphatic heterocycles. The number of rotatable bonds is 3. The topological polar surface area (TPSA) is 88.2 Å². The van der Waals surface area contributed by atoms with Crippen molar-refractivity contribution in [3.05, 3.63) is 28.8 Å². The van der Waals surface area contributed by atoms with Crippen LogP contribution in [-0.2, 0) is 0 Å². The lowest BCUT2D eigenvalue weighted by atomic mass is 9.96. The maximum atomic E-state index is 12.6. The second-order valence-corrected chi connectivity index (χ2v) is 5.40. The van der Waals surface area contributed by atoms with Crippen LogP contribution in [0.5, 0.6) is 5.75 Å². The predicted molar refractivity (Wildman–Crippen MR) is 80.0 cm³/mol. The summed E-state index contributed by atoms with van der Waals surface area (Å²) in [5.74, 6) is 0.346. The van der Waals surface area contributed by atoms with Crippen molar-refractivity contribution in [3.63, 3.8) is 0 Å². The molecule has 0 bridgehead atoms. The van der Waals surface area contributed by atoms with E-state index >= 15 is 0 Å². The van der Waals surface area contributed by atoms with Crippen LogP contribution in [0.1, 0.15) is 23.2 Å². The number of methoxy groups -OCH3 is 1. The molecule has 0 spiro atoms. The number of amides is 1. The van der Waals surface area contributed by atoms with Gasteiger partial charge in [-0.15, -0.1) is 0 Å². The highest BCUT2D eigenvalue weighted by Gasteiger charge is 2.28. The second-order valence-electron chi connectivity index (χ2n) is 4.96. The van der Waals surface area contributed by atoms with Crippen LogP contribution in [0.4, 0.5) is 0 Å². The first-order chi connectivity index (χ1) is 10.1. The van der Waals surface area contributed by atoms with E-state index in [2.05, 4.69) is 5.16 Å². The average molecular weight is 312 g/mol.